The van der Waals surface area contributed by atoms with Crippen LogP contribution in [0.3, 0.4) is 0 Å². The van der Waals surface area contributed by atoms with E-state index in [1.165, 1.54) is 0 Å². The van der Waals surface area contributed by atoms with Gasteiger partial charge in [0.15, 0.2) is 5.69 Å². The summed E-state index contributed by atoms with van der Waals surface area (Å²) < 4.78 is 2.06. The first-order valence-electron chi connectivity index (χ1n) is 6.61. The maximum Gasteiger partial charge on any atom is 0.358 e. The molecule has 11 heteroatoms. The largest absolute Gasteiger partial charge is 0.476 e. The summed E-state index contributed by atoms with van der Waals surface area (Å²) in [6.07, 6.45) is 0. The summed E-state index contributed by atoms with van der Waals surface area (Å²) in [6, 6.07) is 8.96. The van der Waals surface area contributed by atoms with Gasteiger partial charge in [-0.05, 0) is 5.21 Å². The Labute approximate surface area is 131 Å². The Morgan fingerprint density at radius 1 is 0.917 bits per heavy atom. The van der Waals surface area contributed by atoms with Gasteiger partial charge in [-0.3, -0.25) is 0 Å². The Morgan fingerprint density at radius 2 is 1.62 bits per heavy atom. The van der Waals surface area contributed by atoms with Crippen LogP contribution in [0.4, 0.5) is 0 Å². The lowest BCUT2D eigenvalue weighted by Crippen LogP contribution is -2.12. The van der Waals surface area contributed by atoms with Gasteiger partial charge in [-0.1, -0.05) is 35.5 Å². The van der Waals surface area contributed by atoms with Crippen molar-refractivity contribution in [2.24, 2.45) is 0 Å². The molecule has 3 aromatic heterocycles. The predicted molar refractivity (Wildman–Crippen MR) is 76.7 cm³/mol. The lowest BCUT2D eigenvalue weighted by atomic mass is 10.1. The molecule has 0 unspecified atom stereocenters. The Kier molecular flexibility index (Phi) is 2.75. The minimum atomic E-state index is -1.43. The highest BCUT2D eigenvalue weighted by Gasteiger charge is 2.26. The number of carboxylic acids is 2. The van der Waals surface area contributed by atoms with Crippen molar-refractivity contribution in [3.63, 3.8) is 0 Å². The fourth-order valence-corrected chi connectivity index (χ4v) is 2.38. The quantitative estimate of drug-likeness (QED) is 0.540. The van der Waals surface area contributed by atoms with Gasteiger partial charge < -0.3 is 10.2 Å². The zero-order valence-electron chi connectivity index (χ0n) is 11.7. The van der Waals surface area contributed by atoms with Crippen LogP contribution in [0.5, 0.6) is 0 Å². The lowest BCUT2D eigenvalue weighted by molar-refractivity contribution is 0.0688. The molecule has 0 atom stereocenters. The average Bonchev–Trinajstić information content (AvgIpc) is 3.18. The Hall–Kier alpha value is -3.89. The van der Waals surface area contributed by atoms with Crippen LogP contribution in [0, 0.1) is 0 Å². The van der Waals surface area contributed by atoms with E-state index in [4.69, 9.17) is 0 Å². The highest BCUT2D eigenvalue weighted by molar-refractivity contribution is 6.02. The summed E-state index contributed by atoms with van der Waals surface area (Å²) in [6.45, 7) is 0. The molecule has 0 saturated carbocycles. The van der Waals surface area contributed by atoms with E-state index in [0.717, 1.165) is 9.15 Å². The molecule has 0 amide bonds. The van der Waals surface area contributed by atoms with Gasteiger partial charge in [-0.15, -0.1) is 19.9 Å². The van der Waals surface area contributed by atoms with Crippen molar-refractivity contribution < 1.29 is 19.8 Å². The van der Waals surface area contributed by atoms with Crippen LogP contribution in [0.25, 0.3) is 22.4 Å². The number of carboxylic acid groups (broad SMARTS) is 2. The molecule has 0 aliphatic heterocycles. The van der Waals surface area contributed by atoms with Gasteiger partial charge in [0, 0.05) is 5.56 Å². The molecule has 0 bridgehead atoms. The Bertz CT molecular complexity index is 1120. The second-order valence-electron chi connectivity index (χ2n) is 4.77. The van der Waals surface area contributed by atoms with E-state index in [-0.39, 0.29) is 11.2 Å². The molecule has 0 saturated heterocycles. The predicted octanol–water partition coefficient (Wildman–Crippen LogP) is 0.230. The van der Waals surface area contributed by atoms with Crippen molar-refractivity contribution in [3.05, 3.63) is 41.7 Å². The molecule has 2 N–H and O–H groups in total. The van der Waals surface area contributed by atoms with Crippen LogP contribution in [-0.2, 0) is 0 Å². The SMILES string of the molecule is O=C(O)c1nnn2c1c(C(=O)O)nn1nnc(-c3ccccc3)c12. The minimum Gasteiger partial charge on any atom is -0.476 e. The molecule has 0 spiro atoms. The molecular weight excluding hydrogens is 318 g/mol. The third-order valence-corrected chi connectivity index (χ3v) is 3.37. The minimum absolute atomic E-state index is 0.209. The van der Waals surface area contributed by atoms with Gasteiger partial charge in [0.2, 0.25) is 11.3 Å². The van der Waals surface area contributed by atoms with E-state index in [1.807, 2.05) is 6.07 Å². The third kappa shape index (κ3) is 1.81. The first-order chi connectivity index (χ1) is 11.6. The molecule has 4 aromatic rings. The average molecular weight is 325 g/mol. The smallest absolute Gasteiger partial charge is 0.358 e. The maximum absolute atomic E-state index is 11.4. The van der Waals surface area contributed by atoms with E-state index >= 15 is 0 Å². The van der Waals surface area contributed by atoms with Crippen molar-refractivity contribution >= 4 is 23.1 Å². The topological polar surface area (TPSA) is 148 Å². The fourth-order valence-electron chi connectivity index (χ4n) is 2.38. The molecule has 11 nitrogen and oxygen atoms in total. The fraction of sp³-hybridized carbons (Fsp3) is 0. The van der Waals surface area contributed by atoms with Crippen molar-refractivity contribution in [1.29, 1.82) is 0 Å². The van der Waals surface area contributed by atoms with E-state index in [2.05, 4.69) is 25.7 Å². The molecule has 24 heavy (non-hydrogen) atoms. The van der Waals surface area contributed by atoms with E-state index in [0.29, 0.717) is 11.3 Å². The van der Waals surface area contributed by atoms with Gasteiger partial charge >= 0.3 is 11.9 Å². The van der Waals surface area contributed by atoms with Crippen molar-refractivity contribution in [2.75, 3.05) is 0 Å². The van der Waals surface area contributed by atoms with Crippen LogP contribution in [0.1, 0.15) is 21.0 Å². The zero-order valence-corrected chi connectivity index (χ0v) is 11.7. The number of aromatic nitrogens is 7. The number of hydrogen-bond acceptors (Lipinski definition) is 7. The second-order valence-corrected chi connectivity index (χ2v) is 4.77. The maximum atomic E-state index is 11.4. The van der Waals surface area contributed by atoms with Crippen molar-refractivity contribution in [3.8, 4) is 11.3 Å². The summed E-state index contributed by atoms with van der Waals surface area (Å²) in [4.78, 5) is 22.7. The van der Waals surface area contributed by atoms with Crippen LogP contribution >= 0.6 is 0 Å². The monoisotopic (exact) mass is 325 g/mol. The molecule has 4 rings (SSSR count). The number of carbonyl (C=O) groups is 2. The van der Waals surface area contributed by atoms with Crippen LogP contribution in [-0.4, -0.2) is 57.0 Å². The molecule has 0 radical (unpaired) electrons. The van der Waals surface area contributed by atoms with Gasteiger partial charge in [0.25, 0.3) is 0 Å². The summed E-state index contributed by atoms with van der Waals surface area (Å²) in [7, 11) is 0. The normalized spacial score (nSPS) is 11.2. The molecule has 1 aromatic carbocycles. The lowest BCUT2D eigenvalue weighted by Gasteiger charge is -2.02. The number of benzene rings is 1. The molecule has 3 heterocycles. The number of rotatable bonds is 3. The standard InChI is InChI=1S/C13H7N7O4/c21-12(22)8-10-9(13(23)24)16-20-11(19(10)17-15-8)7(14-18-20)6-4-2-1-3-5-6/h1-5H,(H,21,22)(H,23,24). The number of fused-ring (bicyclic) bond motifs is 3. The molecule has 0 aliphatic carbocycles. The summed E-state index contributed by atoms with van der Waals surface area (Å²) in [5.41, 5.74) is -0.0156. The number of hydrogen-bond donors (Lipinski definition) is 2. The Balaban J connectivity index is 2.17. The van der Waals surface area contributed by atoms with Crippen LogP contribution in [0.2, 0.25) is 0 Å². The van der Waals surface area contributed by atoms with E-state index in [9.17, 15) is 19.8 Å². The van der Waals surface area contributed by atoms with Crippen molar-refractivity contribution in [2.45, 2.75) is 0 Å². The van der Waals surface area contributed by atoms with Crippen LogP contribution < -0.4 is 0 Å². The van der Waals surface area contributed by atoms with Crippen molar-refractivity contribution in [1.82, 2.24) is 34.9 Å². The number of aromatic carboxylic acids is 2. The molecule has 0 fully saturated rings. The zero-order chi connectivity index (χ0) is 16.8. The summed E-state index contributed by atoms with van der Waals surface area (Å²) in [5, 5.41) is 37.4. The first kappa shape index (κ1) is 13.8. The van der Waals surface area contributed by atoms with Gasteiger partial charge in [-0.25, -0.2) is 9.59 Å². The van der Waals surface area contributed by atoms with Crippen LogP contribution in [0.15, 0.2) is 30.3 Å². The Morgan fingerprint density at radius 3 is 2.29 bits per heavy atom. The summed E-state index contributed by atoms with van der Waals surface area (Å²) >= 11 is 0. The van der Waals surface area contributed by atoms with E-state index < -0.39 is 23.3 Å². The van der Waals surface area contributed by atoms with Gasteiger partial charge in [0.1, 0.15) is 11.2 Å². The molecular formula is C13H7N7O4. The number of nitrogens with zero attached hydrogens (tertiary/aromatic N) is 7. The third-order valence-electron chi connectivity index (χ3n) is 3.37. The summed E-state index contributed by atoms with van der Waals surface area (Å²) in [5.74, 6) is -2.84. The van der Waals surface area contributed by atoms with Gasteiger partial charge in [0.05, 0.1) is 0 Å². The van der Waals surface area contributed by atoms with E-state index in [1.54, 1.807) is 24.3 Å². The first-order valence-corrected chi connectivity index (χ1v) is 6.61. The highest BCUT2D eigenvalue weighted by Crippen LogP contribution is 2.23. The second kappa shape index (κ2) is 4.81. The molecule has 118 valence electrons. The van der Waals surface area contributed by atoms with Gasteiger partial charge in [-0.2, -0.15) is 4.52 Å². The highest BCUT2D eigenvalue weighted by atomic mass is 16.4. The molecule has 0 aliphatic rings.